The Labute approximate surface area is 109 Å². The smallest absolute Gasteiger partial charge is 0.149 e. The molecule has 0 aliphatic carbocycles. The topological polar surface area (TPSA) is 57.4 Å². The van der Waals surface area contributed by atoms with Crippen molar-refractivity contribution in [1.82, 2.24) is 14.8 Å². The third-order valence-electron chi connectivity index (χ3n) is 3.55. The Kier molecular flexibility index (Phi) is 4.04. The lowest BCUT2D eigenvalue weighted by atomic mass is 10.2. The quantitative estimate of drug-likeness (QED) is 0.823. The van der Waals surface area contributed by atoms with Crippen molar-refractivity contribution in [3.05, 3.63) is 17.8 Å². The summed E-state index contributed by atoms with van der Waals surface area (Å²) in [4.78, 5) is 9.18. The molecule has 2 heterocycles. The van der Waals surface area contributed by atoms with Crippen LogP contribution in [0.2, 0.25) is 0 Å². The molecule has 100 valence electrons. The maximum absolute atomic E-state index is 5.92. The van der Waals surface area contributed by atoms with Crippen molar-refractivity contribution in [2.24, 2.45) is 0 Å². The number of hydrogen-bond donors (Lipinski definition) is 2. The zero-order valence-electron chi connectivity index (χ0n) is 11.5. The van der Waals surface area contributed by atoms with Crippen molar-refractivity contribution in [3.63, 3.8) is 0 Å². The summed E-state index contributed by atoms with van der Waals surface area (Å²) >= 11 is 0. The van der Waals surface area contributed by atoms with Gasteiger partial charge < -0.3 is 16.0 Å². The van der Waals surface area contributed by atoms with Crippen LogP contribution in [0.15, 0.2) is 12.1 Å². The summed E-state index contributed by atoms with van der Waals surface area (Å²) in [6.45, 7) is 6.18. The summed E-state index contributed by atoms with van der Waals surface area (Å²) in [5.41, 5.74) is 7.62. The van der Waals surface area contributed by atoms with E-state index in [4.69, 9.17) is 5.73 Å². The highest BCUT2D eigenvalue weighted by atomic mass is 15.3. The maximum atomic E-state index is 5.92. The third kappa shape index (κ3) is 3.11. The zero-order chi connectivity index (χ0) is 13.1. The number of nitrogens with one attached hydrogen (secondary N) is 1. The van der Waals surface area contributed by atoms with Crippen molar-refractivity contribution in [3.8, 4) is 0 Å². The number of nitrogens with zero attached hydrogens (tertiary/aromatic N) is 3. The van der Waals surface area contributed by atoms with E-state index in [1.807, 2.05) is 19.1 Å². The van der Waals surface area contributed by atoms with Crippen molar-refractivity contribution in [2.75, 3.05) is 51.3 Å². The minimum Gasteiger partial charge on any atom is -0.396 e. The van der Waals surface area contributed by atoms with Gasteiger partial charge in [-0.1, -0.05) is 0 Å². The predicted octanol–water partition coefficient (Wildman–Crippen LogP) is 0.630. The van der Waals surface area contributed by atoms with E-state index in [9.17, 15) is 0 Å². The van der Waals surface area contributed by atoms with Crippen LogP contribution >= 0.6 is 0 Å². The second-order valence-corrected chi connectivity index (χ2v) is 5.17. The summed E-state index contributed by atoms with van der Waals surface area (Å²) < 4.78 is 0. The molecule has 5 heteroatoms. The van der Waals surface area contributed by atoms with Crippen LogP contribution in [-0.4, -0.2) is 61.1 Å². The standard InChI is InChI=1S/C13H23N5/c1-10-4-5-12(14)13(16-10)15-8-11-9-17(2)6-7-18(11)3/h4-5,11H,6-9,14H2,1-3H3,(H,15,16). The number of aryl methyl sites for hydroxylation is 1. The average molecular weight is 249 g/mol. The largest absolute Gasteiger partial charge is 0.396 e. The monoisotopic (exact) mass is 249 g/mol. The molecule has 1 aromatic rings. The Bertz CT molecular complexity index is 406. The minimum absolute atomic E-state index is 0.505. The molecule has 1 fully saturated rings. The van der Waals surface area contributed by atoms with Gasteiger partial charge in [0.1, 0.15) is 5.82 Å². The van der Waals surface area contributed by atoms with E-state index in [1.165, 1.54) is 0 Å². The fraction of sp³-hybridized carbons (Fsp3) is 0.615. The van der Waals surface area contributed by atoms with Crippen LogP contribution in [-0.2, 0) is 0 Å². The molecule has 0 amide bonds. The van der Waals surface area contributed by atoms with Gasteiger partial charge in [-0.05, 0) is 33.2 Å². The Morgan fingerprint density at radius 3 is 2.94 bits per heavy atom. The van der Waals surface area contributed by atoms with Crippen molar-refractivity contribution in [1.29, 1.82) is 0 Å². The van der Waals surface area contributed by atoms with Gasteiger partial charge in [0.25, 0.3) is 0 Å². The molecule has 1 atom stereocenters. The number of rotatable bonds is 3. The summed E-state index contributed by atoms with van der Waals surface area (Å²) in [7, 11) is 4.34. The molecule has 0 aromatic carbocycles. The molecule has 0 spiro atoms. The van der Waals surface area contributed by atoms with E-state index in [1.54, 1.807) is 0 Å². The van der Waals surface area contributed by atoms with Gasteiger partial charge in [-0.15, -0.1) is 0 Å². The number of nitrogen functional groups attached to an aromatic ring is 1. The molecule has 1 aromatic heterocycles. The lowest BCUT2D eigenvalue weighted by Crippen LogP contribution is -2.52. The SMILES string of the molecule is Cc1ccc(N)c(NCC2CN(C)CCN2C)n1. The molecule has 0 radical (unpaired) electrons. The highest BCUT2D eigenvalue weighted by Gasteiger charge is 2.21. The zero-order valence-corrected chi connectivity index (χ0v) is 11.5. The number of likely N-dealkylation sites (N-methyl/N-ethyl adjacent to an activating group) is 2. The van der Waals surface area contributed by atoms with Crippen molar-refractivity contribution in [2.45, 2.75) is 13.0 Å². The normalized spacial score (nSPS) is 22.1. The lowest BCUT2D eigenvalue weighted by molar-refractivity contribution is 0.122. The third-order valence-corrected chi connectivity index (χ3v) is 3.55. The summed E-state index contributed by atoms with van der Waals surface area (Å²) in [6, 6.07) is 4.34. The summed E-state index contributed by atoms with van der Waals surface area (Å²) in [6.07, 6.45) is 0. The maximum Gasteiger partial charge on any atom is 0.149 e. The predicted molar refractivity (Wildman–Crippen MR) is 75.8 cm³/mol. The molecule has 0 bridgehead atoms. The molecule has 1 unspecified atom stereocenters. The van der Waals surface area contributed by atoms with Gasteiger partial charge in [-0.25, -0.2) is 4.98 Å². The van der Waals surface area contributed by atoms with Gasteiger partial charge in [0.15, 0.2) is 0 Å². The van der Waals surface area contributed by atoms with Gasteiger partial charge in [0.05, 0.1) is 5.69 Å². The second-order valence-electron chi connectivity index (χ2n) is 5.17. The highest BCUT2D eigenvalue weighted by Crippen LogP contribution is 2.16. The van der Waals surface area contributed by atoms with Crippen LogP contribution in [0.1, 0.15) is 5.69 Å². The van der Waals surface area contributed by atoms with Gasteiger partial charge in [0.2, 0.25) is 0 Å². The van der Waals surface area contributed by atoms with E-state index in [0.717, 1.165) is 37.7 Å². The van der Waals surface area contributed by atoms with Gasteiger partial charge in [-0.3, -0.25) is 4.90 Å². The molecule has 2 rings (SSSR count). The first-order chi connectivity index (χ1) is 8.56. The lowest BCUT2D eigenvalue weighted by Gasteiger charge is -2.37. The van der Waals surface area contributed by atoms with E-state index in [-0.39, 0.29) is 0 Å². The number of pyridine rings is 1. The molecule has 5 nitrogen and oxygen atoms in total. The van der Waals surface area contributed by atoms with Gasteiger partial charge in [-0.2, -0.15) is 0 Å². The molecule has 0 saturated carbocycles. The second kappa shape index (κ2) is 5.54. The first-order valence-electron chi connectivity index (χ1n) is 6.42. The fourth-order valence-corrected chi connectivity index (χ4v) is 2.25. The van der Waals surface area contributed by atoms with E-state index >= 15 is 0 Å². The van der Waals surface area contributed by atoms with Crippen LogP contribution in [0.25, 0.3) is 0 Å². The molecule has 1 aliphatic rings. The summed E-state index contributed by atoms with van der Waals surface area (Å²) in [5.74, 6) is 0.802. The molecule has 1 saturated heterocycles. The Balaban J connectivity index is 1.96. The van der Waals surface area contributed by atoms with Crippen LogP contribution in [0, 0.1) is 6.92 Å². The number of hydrogen-bond acceptors (Lipinski definition) is 5. The fourth-order valence-electron chi connectivity index (χ4n) is 2.25. The molecular weight excluding hydrogens is 226 g/mol. The van der Waals surface area contributed by atoms with Crippen LogP contribution in [0.4, 0.5) is 11.5 Å². The molecular formula is C13H23N5. The Morgan fingerprint density at radius 1 is 1.39 bits per heavy atom. The van der Waals surface area contributed by atoms with Crippen molar-refractivity contribution < 1.29 is 0 Å². The van der Waals surface area contributed by atoms with Crippen LogP contribution in [0.5, 0.6) is 0 Å². The Hall–Kier alpha value is -1.33. The van der Waals surface area contributed by atoms with E-state index in [2.05, 4.69) is 34.2 Å². The first kappa shape index (κ1) is 13.1. The van der Waals surface area contributed by atoms with E-state index in [0.29, 0.717) is 11.7 Å². The van der Waals surface area contributed by atoms with Gasteiger partial charge >= 0.3 is 0 Å². The average Bonchev–Trinajstić information content (AvgIpc) is 2.34. The molecule has 1 aliphatic heterocycles. The van der Waals surface area contributed by atoms with Crippen molar-refractivity contribution >= 4 is 11.5 Å². The Morgan fingerprint density at radius 2 is 2.17 bits per heavy atom. The number of aromatic nitrogens is 1. The number of piperazine rings is 1. The number of anilines is 2. The van der Waals surface area contributed by atoms with Crippen LogP contribution in [0.3, 0.4) is 0 Å². The first-order valence-corrected chi connectivity index (χ1v) is 6.42. The van der Waals surface area contributed by atoms with Crippen LogP contribution < -0.4 is 11.1 Å². The minimum atomic E-state index is 0.505. The summed E-state index contributed by atoms with van der Waals surface area (Å²) in [5, 5.41) is 3.37. The molecule has 18 heavy (non-hydrogen) atoms. The number of nitrogens with two attached hydrogens (primary N) is 1. The van der Waals surface area contributed by atoms with Gasteiger partial charge in [0, 0.05) is 37.9 Å². The highest BCUT2D eigenvalue weighted by molar-refractivity contribution is 5.61. The molecule has 3 N–H and O–H groups in total. The van der Waals surface area contributed by atoms with E-state index < -0.39 is 0 Å².